The van der Waals surface area contributed by atoms with Crippen molar-refractivity contribution in [2.45, 2.75) is 19.3 Å². The fourth-order valence-electron chi connectivity index (χ4n) is 9.62. The summed E-state index contributed by atoms with van der Waals surface area (Å²) in [6.45, 7) is 4.70. The Hall–Kier alpha value is -7.94. The second-order valence-corrected chi connectivity index (χ2v) is 17.0. The third-order valence-corrected chi connectivity index (χ3v) is 12.8. The number of fused-ring (bicyclic) bond motifs is 4. The van der Waals surface area contributed by atoms with Crippen molar-refractivity contribution in [1.29, 1.82) is 0 Å². The standard InChI is InChI=1S/C61H46N2/c1-61(2)59-25-15-14-24-56(59)57-39-38-53(42-60(57)61)62(50-32-26-44(27-33-50)43-16-6-3-7-17-43)51-34-28-45(29-35-51)46-30-36-52(37-31-46)63(49-21-10-5-11-22-49)54-40-48-20-12-13-23-55(48)58(41-54)47-18-8-4-9-19-47/h3-42H,1-2H3. The van der Waals surface area contributed by atoms with Crippen LogP contribution in [0.4, 0.5) is 34.1 Å². The van der Waals surface area contributed by atoms with Crippen molar-refractivity contribution in [1.82, 2.24) is 0 Å². The molecule has 63 heavy (non-hydrogen) atoms. The third-order valence-electron chi connectivity index (χ3n) is 12.8. The molecule has 0 atom stereocenters. The second kappa shape index (κ2) is 15.8. The van der Waals surface area contributed by atoms with Crippen molar-refractivity contribution in [3.05, 3.63) is 254 Å². The van der Waals surface area contributed by atoms with Crippen LogP contribution in [0.15, 0.2) is 243 Å². The van der Waals surface area contributed by atoms with Crippen molar-refractivity contribution in [3.63, 3.8) is 0 Å². The van der Waals surface area contributed by atoms with Crippen molar-refractivity contribution in [3.8, 4) is 44.5 Å². The van der Waals surface area contributed by atoms with Gasteiger partial charge >= 0.3 is 0 Å². The molecule has 11 rings (SSSR count). The zero-order chi connectivity index (χ0) is 42.3. The van der Waals surface area contributed by atoms with E-state index in [-0.39, 0.29) is 5.41 Å². The summed E-state index contributed by atoms with van der Waals surface area (Å²) in [5, 5.41) is 2.45. The SMILES string of the molecule is CC1(C)c2ccccc2-c2ccc(N(c3ccc(-c4ccccc4)cc3)c3ccc(-c4ccc(N(c5ccccc5)c5cc(-c6ccccc6)c6ccccc6c5)cc4)cc3)cc21. The Bertz CT molecular complexity index is 3210. The highest BCUT2D eigenvalue weighted by molar-refractivity contribution is 6.01. The molecule has 0 saturated carbocycles. The van der Waals surface area contributed by atoms with Gasteiger partial charge in [0.1, 0.15) is 0 Å². The number of anilines is 6. The van der Waals surface area contributed by atoms with Gasteiger partial charge in [-0.25, -0.2) is 0 Å². The molecule has 2 heteroatoms. The van der Waals surface area contributed by atoms with E-state index < -0.39 is 0 Å². The molecule has 10 aromatic carbocycles. The van der Waals surface area contributed by atoms with Gasteiger partial charge in [0, 0.05) is 39.5 Å². The van der Waals surface area contributed by atoms with Crippen molar-refractivity contribution in [2.24, 2.45) is 0 Å². The Balaban J connectivity index is 0.955. The Morgan fingerprint density at radius 3 is 1.30 bits per heavy atom. The molecule has 1 aliphatic rings. The highest BCUT2D eigenvalue weighted by Crippen LogP contribution is 2.51. The molecule has 0 spiro atoms. The van der Waals surface area contributed by atoms with Gasteiger partial charge in [0.05, 0.1) is 0 Å². The molecule has 10 aromatic rings. The van der Waals surface area contributed by atoms with Gasteiger partial charge in [-0.3, -0.25) is 0 Å². The number of benzene rings is 10. The van der Waals surface area contributed by atoms with E-state index in [1.165, 1.54) is 60.8 Å². The molecule has 0 aliphatic heterocycles. The molecule has 0 amide bonds. The normalized spacial score (nSPS) is 12.4. The third kappa shape index (κ3) is 6.96. The summed E-state index contributed by atoms with van der Waals surface area (Å²) in [4.78, 5) is 4.76. The summed E-state index contributed by atoms with van der Waals surface area (Å²) >= 11 is 0. The van der Waals surface area contributed by atoms with E-state index in [1.54, 1.807) is 0 Å². The lowest BCUT2D eigenvalue weighted by atomic mass is 9.82. The van der Waals surface area contributed by atoms with Gasteiger partial charge < -0.3 is 9.80 Å². The molecule has 0 bridgehead atoms. The molecule has 0 radical (unpaired) electrons. The van der Waals surface area contributed by atoms with E-state index in [0.717, 1.165) is 39.7 Å². The smallest absolute Gasteiger partial charge is 0.0474 e. The van der Waals surface area contributed by atoms with Crippen LogP contribution in [0.2, 0.25) is 0 Å². The van der Waals surface area contributed by atoms with Gasteiger partial charge in [-0.15, -0.1) is 0 Å². The monoisotopic (exact) mass is 806 g/mol. The number of hydrogen-bond donors (Lipinski definition) is 0. The molecule has 0 unspecified atom stereocenters. The number of nitrogens with zero attached hydrogens (tertiary/aromatic N) is 2. The van der Waals surface area contributed by atoms with Gasteiger partial charge in [0.15, 0.2) is 0 Å². The zero-order valence-corrected chi connectivity index (χ0v) is 35.5. The quantitative estimate of drug-likeness (QED) is 0.143. The largest absolute Gasteiger partial charge is 0.310 e. The van der Waals surface area contributed by atoms with E-state index in [2.05, 4.69) is 266 Å². The minimum Gasteiger partial charge on any atom is -0.310 e. The van der Waals surface area contributed by atoms with Crippen LogP contribution in [0.5, 0.6) is 0 Å². The average molecular weight is 807 g/mol. The Labute approximate surface area is 370 Å². The number of para-hydroxylation sites is 1. The first-order valence-corrected chi connectivity index (χ1v) is 21.8. The minimum absolute atomic E-state index is 0.102. The predicted molar refractivity (Wildman–Crippen MR) is 267 cm³/mol. The molecule has 300 valence electrons. The Morgan fingerprint density at radius 1 is 0.270 bits per heavy atom. The maximum Gasteiger partial charge on any atom is 0.0474 e. The van der Waals surface area contributed by atoms with E-state index in [9.17, 15) is 0 Å². The van der Waals surface area contributed by atoms with Gasteiger partial charge in [0.25, 0.3) is 0 Å². The summed E-state index contributed by atoms with van der Waals surface area (Å²) in [6, 6.07) is 88.2. The van der Waals surface area contributed by atoms with Crippen LogP contribution >= 0.6 is 0 Å². The molecular weight excluding hydrogens is 761 g/mol. The lowest BCUT2D eigenvalue weighted by molar-refractivity contribution is 0.660. The van der Waals surface area contributed by atoms with Crippen molar-refractivity contribution < 1.29 is 0 Å². The van der Waals surface area contributed by atoms with Crippen molar-refractivity contribution >= 4 is 44.9 Å². The molecular formula is C61H46N2. The fourth-order valence-corrected chi connectivity index (χ4v) is 9.62. The topological polar surface area (TPSA) is 6.48 Å². The zero-order valence-electron chi connectivity index (χ0n) is 35.5. The molecule has 0 fully saturated rings. The first-order valence-electron chi connectivity index (χ1n) is 21.8. The lowest BCUT2D eigenvalue weighted by Crippen LogP contribution is -2.16. The Morgan fingerprint density at radius 2 is 0.698 bits per heavy atom. The van der Waals surface area contributed by atoms with Gasteiger partial charge in [-0.1, -0.05) is 184 Å². The second-order valence-electron chi connectivity index (χ2n) is 17.0. The van der Waals surface area contributed by atoms with E-state index in [4.69, 9.17) is 0 Å². The molecule has 0 aromatic heterocycles. The molecule has 0 saturated heterocycles. The van der Waals surface area contributed by atoms with Crippen LogP contribution in [0.1, 0.15) is 25.0 Å². The highest BCUT2D eigenvalue weighted by Gasteiger charge is 2.35. The summed E-state index contributed by atoms with van der Waals surface area (Å²) in [6.07, 6.45) is 0. The van der Waals surface area contributed by atoms with Crippen LogP contribution < -0.4 is 9.80 Å². The van der Waals surface area contributed by atoms with Gasteiger partial charge in [-0.05, 0) is 139 Å². The highest BCUT2D eigenvalue weighted by atomic mass is 15.1. The molecule has 0 N–H and O–H groups in total. The fraction of sp³-hybridized carbons (Fsp3) is 0.0492. The van der Waals surface area contributed by atoms with Crippen LogP contribution in [0, 0.1) is 0 Å². The van der Waals surface area contributed by atoms with E-state index in [0.29, 0.717) is 0 Å². The maximum absolute atomic E-state index is 2.41. The summed E-state index contributed by atoms with van der Waals surface area (Å²) in [5.41, 5.74) is 19.1. The lowest BCUT2D eigenvalue weighted by Gasteiger charge is -2.28. The first kappa shape index (κ1) is 38.0. The van der Waals surface area contributed by atoms with Crippen LogP contribution in [0.3, 0.4) is 0 Å². The maximum atomic E-state index is 2.41. The summed E-state index contributed by atoms with van der Waals surface area (Å²) in [5.74, 6) is 0. The first-order chi connectivity index (χ1) is 31.0. The van der Waals surface area contributed by atoms with Gasteiger partial charge in [-0.2, -0.15) is 0 Å². The van der Waals surface area contributed by atoms with E-state index in [1.807, 2.05) is 0 Å². The summed E-state index contributed by atoms with van der Waals surface area (Å²) in [7, 11) is 0. The number of hydrogen-bond acceptors (Lipinski definition) is 2. The molecule has 0 heterocycles. The molecule has 2 nitrogen and oxygen atoms in total. The summed E-state index contributed by atoms with van der Waals surface area (Å²) < 4.78 is 0. The van der Waals surface area contributed by atoms with E-state index >= 15 is 0 Å². The van der Waals surface area contributed by atoms with Crippen LogP contribution in [0.25, 0.3) is 55.3 Å². The number of rotatable bonds is 9. The van der Waals surface area contributed by atoms with Crippen LogP contribution in [-0.4, -0.2) is 0 Å². The Kier molecular flexibility index (Phi) is 9.55. The average Bonchev–Trinajstić information content (AvgIpc) is 3.58. The van der Waals surface area contributed by atoms with Crippen LogP contribution in [-0.2, 0) is 5.41 Å². The van der Waals surface area contributed by atoms with Gasteiger partial charge in [0.2, 0.25) is 0 Å². The minimum atomic E-state index is -0.102. The van der Waals surface area contributed by atoms with Crippen molar-refractivity contribution in [2.75, 3.05) is 9.80 Å². The predicted octanol–water partition coefficient (Wildman–Crippen LogP) is 17.1. The molecule has 1 aliphatic carbocycles.